The van der Waals surface area contributed by atoms with Crippen LogP contribution in [0.15, 0.2) is 53.3 Å². The minimum atomic E-state index is 0.880. The summed E-state index contributed by atoms with van der Waals surface area (Å²) in [5, 5.41) is 0. The molecule has 0 spiro atoms. The van der Waals surface area contributed by atoms with E-state index >= 15 is 0 Å². The van der Waals surface area contributed by atoms with Crippen LogP contribution in [0.2, 0.25) is 0 Å². The van der Waals surface area contributed by atoms with Crippen molar-refractivity contribution < 1.29 is 0 Å². The summed E-state index contributed by atoms with van der Waals surface area (Å²) in [6.07, 6.45) is 3.66. The van der Waals surface area contributed by atoms with Gasteiger partial charge in [-0.15, -0.1) is 0 Å². The van der Waals surface area contributed by atoms with E-state index in [0.29, 0.717) is 0 Å². The van der Waals surface area contributed by atoms with Crippen LogP contribution in [0.5, 0.6) is 0 Å². The molecule has 0 saturated heterocycles. The van der Waals surface area contributed by atoms with Crippen LogP contribution in [0.4, 0.5) is 5.69 Å². The lowest BCUT2D eigenvalue weighted by Crippen LogP contribution is -2.16. The average molecular weight is 277 g/mol. The summed E-state index contributed by atoms with van der Waals surface area (Å²) < 4.78 is 1.12. The topological polar surface area (TPSA) is 16.1 Å². The summed E-state index contributed by atoms with van der Waals surface area (Å²) in [5.74, 6) is 0. The van der Waals surface area contributed by atoms with Crippen molar-refractivity contribution in [2.75, 3.05) is 11.9 Å². The van der Waals surface area contributed by atoms with Gasteiger partial charge in [-0.05, 0) is 29.8 Å². The first kappa shape index (κ1) is 11.1. The minimum Gasteiger partial charge on any atom is -0.369 e. The van der Waals surface area contributed by atoms with Crippen LogP contribution in [0, 0.1) is 0 Å². The number of nitrogens with zero attached hydrogens (tertiary/aromatic N) is 2. The highest BCUT2D eigenvalue weighted by molar-refractivity contribution is 9.10. The Morgan fingerprint density at radius 1 is 1.25 bits per heavy atom. The Balaban J connectivity index is 2.11. The van der Waals surface area contributed by atoms with Crippen LogP contribution < -0.4 is 4.90 Å². The van der Waals surface area contributed by atoms with Crippen LogP contribution >= 0.6 is 15.9 Å². The third-order valence-electron chi connectivity index (χ3n) is 2.40. The van der Waals surface area contributed by atoms with E-state index in [-0.39, 0.29) is 0 Å². The van der Waals surface area contributed by atoms with E-state index in [2.05, 4.69) is 57.1 Å². The smallest absolute Gasteiger partial charge is 0.0553 e. The molecule has 0 atom stereocenters. The van der Waals surface area contributed by atoms with Crippen molar-refractivity contribution in [2.45, 2.75) is 6.54 Å². The van der Waals surface area contributed by atoms with Crippen molar-refractivity contribution in [1.29, 1.82) is 0 Å². The summed E-state index contributed by atoms with van der Waals surface area (Å²) in [4.78, 5) is 6.29. The van der Waals surface area contributed by atoms with Gasteiger partial charge in [0.15, 0.2) is 0 Å². The summed E-state index contributed by atoms with van der Waals surface area (Å²) in [6.45, 7) is 0.880. The van der Waals surface area contributed by atoms with Gasteiger partial charge in [-0.2, -0.15) is 0 Å². The van der Waals surface area contributed by atoms with Crippen molar-refractivity contribution in [1.82, 2.24) is 4.98 Å². The Bertz CT molecular complexity index is 456. The summed E-state index contributed by atoms with van der Waals surface area (Å²) in [5.41, 5.74) is 2.41. The second kappa shape index (κ2) is 5.12. The summed E-state index contributed by atoms with van der Waals surface area (Å²) in [6, 6.07) is 12.4. The lowest BCUT2D eigenvalue weighted by atomic mass is 10.2. The number of anilines is 1. The molecule has 0 N–H and O–H groups in total. The molecule has 0 aliphatic heterocycles. The maximum absolute atomic E-state index is 4.11. The van der Waals surface area contributed by atoms with E-state index in [4.69, 9.17) is 0 Å². The Kier molecular flexibility index (Phi) is 3.57. The largest absolute Gasteiger partial charge is 0.369 e. The highest BCUT2D eigenvalue weighted by atomic mass is 79.9. The molecule has 2 aromatic rings. The van der Waals surface area contributed by atoms with Crippen LogP contribution in [0.1, 0.15) is 5.56 Å². The third kappa shape index (κ3) is 2.83. The molecule has 0 bridgehead atoms. The van der Waals surface area contributed by atoms with Gasteiger partial charge in [0.2, 0.25) is 0 Å². The van der Waals surface area contributed by atoms with E-state index < -0.39 is 0 Å². The van der Waals surface area contributed by atoms with E-state index in [1.807, 2.05) is 18.3 Å². The Labute approximate surface area is 104 Å². The monoisotopic (exact) mass is 276 g/mol. The van der Waals surface area contributed by atoms with Gasteiger partial charge in [0.25, 0.3) is 0 Å². The molecule has 3 heteroatoms. The summed E-state index contributed by atoms with van der Waals surface area (Å²) >= 11 is 3.48. The first-order valence-electron chi connectivity index (χ1n) is 5.11. The number of hydrogen-bond donors (Lipinski definition) is 0. The van der Waals surface area contributed by atoms with Gasteiger partial charge < -0.3 is 4.90 Å². The van der Waals surface area contributed by atoms with E-state index in [1.54, 1.807) is 6.20 Å². The maximum Gasteiger partial charge on any atom is 0.0553 e. The molecular formula is C13H13BrN2. The van der Waals surface area contributed by atoms with Crippen LogP contribution in [-0.2, 0) is 6.54 Å². The molecule has 0 aliphatic carbocycles. The summed E-state index contributed by atoms with van der Waals surface area (Å²) in [7, 11) is 2.07. The van der Waals surface area contributed by atoms with Crippen molar-refractivity contribution in [2.24, 2.45) is 0 Å². The highest BCUT2D eigenvalue weighted by Crippen LogP contribution is 2.16. The molecule has 0 amide bonds. The highest BCUT2D eigenvalue weighted by Gasteiger charge is 2.01. The van der Waals surface area contributed by atoms with Gasteiger partial charge in [-0.25, -0.2) is 0 Å². The number of hydrogen-bond acceptors (Lipinski definition) is 2. The zero-order valence-electron chi connectivity index (χ0n) is 9.10. The number of pyridine rings is 1. The molecule has 0 aliphatic rings. The van der Waals surface area contributed by atoms with Gasteiger partial charge in [0.1, 0.15) is 0 Å². The van der Waals surface area contributed by atoms with Gasteiger partial charge in [-0.3, -0.25) is 4.98 Å². The van der Waals surface area contributed by atoms with Gasteiger partial charge in [0.05, 0.1) is 11.9 Å². The molecule has 0 fully saturated rings. The molecule has 82 valence electrons. The Hall–Kier alpha value is -1.35. The quantitative estimate of drug-likeness (QED) is 0.853. The molecule has 1 aromatic carbocycles. The second-order valence-corrected chi connectivity index (χ2v) is 4.61. The minimum absolute atomic E-state index is 0.880. The van der Waals surface area contributed by atoms with Crippen LogP contribution in [-0.4, -0.2) is 12.0 Å². The average Bonchev–Trinajstić information content (AvgIpc) is 2.30. The number of halogens is 1. The van der Waals surface area contributed by atoms with Crippen molar-refractivity contribution in [3.63, 3.8) is 0 Å². The van der Waals surface area contributed by atoms with Gasteiger partial charge in [0, 0.05) is 24.3 Å². The number of benzene rings is 1. The number of rotatable bonds is 3. The molecule has 0 saturated carbocycles. The maximum atomic E-state index is 4.11. The fraction of sp³-hybridized carbons (Fsp3) is 0.154. The zero-order valence-corrected chi connectivity index (χ0v) is 10.7. The predicted molar refractivity (Wildman–Crippen MR) is 70.5 cm³/mol. The van der Waals surface area contributed by atoms with Gasteiger partial charge in [-0.1, -0.05) is 28.1 Å². The van der Waals surface area contributed by atoms with Crippen molar-refractivity contribution in [3.8, 4) is 0 Å². The van der Waals surface area contributed by atoms with E-state index in [0.717, 1.165) is 16.7 Å². The standard InChI is InChI=1S/C13H13BrN2/c1-16(13-6-3-7-15-9-13)10-11-4-2-5-12(14)8-11/h2-9H,10H2,1H3. The lowest BCUT2D eigenvalue weighted by molar-refractivity contribution is 0.917. The number of aromatic nitrogens is 1. The normalized spacial score (nSPS) is 10.1. The zero-order chi connectivity index (χ0) is 11.4. The van der Waals surface area contributed by atoms with Crippen molar-refractivity contribution >= 4 is 21.6 Å². The Morgan fingerprint density at radius 2 is 2.12 bits per heavy atom. The Morgan fingerprint density at radius 3 is 2.81 bits per heavy atom. The molecule has 2 rings (SSSR count). The van der Waals surface area contributed by atoms with Crippen LogP contribution in [0.3, 0.4) is 0 Å². The van der Waals surface area contributed by atoms with E-state index in [1.165, 1.54) is 5.56 Å². The van der Waals surface area contributed by atoms with Crippen LogP contribution in [0.25, 0.3) is 0 Å². The molecule has 0 radical (unpaired) electrons. The third-order valence-corrected chi connectivity index (χ3v) is 2.89. The van der Waals surface area contributed by atoms with E-state index in [9.17, 15) is 0 Å². The molecule has 16 heavy (non-hydrogen) atoms. The molecule has 0 unspecified atom stereocenters. The first-order chi connectivity index (χ1) is 7.75. The fourth-order valence-electron chi connectivity index (χ4n) is 1.58. The first-order valence-corrected chi connectivity index (χ1v) is 5.90. The van der Waals surface area contributed by atoms with Gasteiger partial charge >= 0.3 is 0 Å². The SMILES string of the molecule is CN(Cc1cccc(Br)c1)c1cccnc1. The second-order valence-electron chi connectivity index (χ2n) is 3.70. The fourth-order valence-corrected chi connectivity index (χ4v) is 2.03. The lowest BCUT2D eigenvalue weighted by Gasteiger charge is -2.18. The molecule has 1 heterocycles. The molecule has 1 aromatic heterocycles. The van der Waals surface area contributed by atoms with Crippen molar-refractivity contribution in [3.05, 3.63) is 58.8 Å². The molecule has 2 nitrogen and oxygen atoms in total. The predicted octanol–water partition coefficient (Wildman–Crippen LogP) is 3.48. The molecular weight excluding hydrogens is 264 g/mol.